The zero-order valence-electron chi connectivity index (χ0n) is 17.8. The molecule has 28 heavy (non-hydrogen) atoms. The van der Waals surface area contributed by atoms with Gasteiger partial charge in [-0.2, -0.15) is 0 Å². The van der Waals surface area contributed by atoms with E-state index in [4.69, 9.17) is 0 Å². The average Bonchev–Trinajstić information content (AvgIpc) is 2.69. The molecule has 166 valence electrons. The zero-order chi connectivity index (χ0) is 20.7. The number of amides is 2. The quantitative estimate of drug-likeness (QED) is 0.161. The summed E-state index contributed by atoms with van der Waals surface area (Å²) in [6.07, 6.45) is 13.5. The molecule has 0 saturated heterocycles. The Bertz CT molecular complexity index is 374. The van der Waals surface area contributed by atoms with Crippen LogP contribution in [0.5, 0.6) is 0 Å². The van der Waals surface area contributed by atoms with Crippen LogP contribution in [0.25, 0.3) is 0 Å². The fraction of sp³-hybridized carbons (Fsp3) is 0.900. The Balaban J connectivity index is 3.24. The van der Waals surface area contributed by atoms with E-state index < -0.39 is 0 Å². The van der Waals surface area contributed by atoms with Gasteiger partial charge >= 0.3 is 0 Å². The van der Waals surface area contributed by atoms with Crippen molar-refractivity contribution in [3.05, 3.63) is 0 Å². The van der Waals surface area contributed by atoms with Gasteiger partial charge < -0.3 is 10.6 Å². The monoisotopic (exact) mass is 468 g/mol. The van der Waals surface area contributed by atoms with E-state index in [9.17, 15) is 9.59 Å². The molecule has 0 fully saturated rings. The lowest BCUT2D eigenvalue weighted by Gasteiger charge is -2.06. The summed E-state index contributed by atoms with van der Waals surface area (Å²) < 4.78 is 0. The van der Waals surface area contributed by atoms with Crippen molar-refractivity contribution in [1.29, 1.82) is 0 Å². The second kappa shape index (κ2) is 23.6. The Labute approximate surface area is 188 Å². The van der Waals surface area contributed by atoms with Gasteiger partial charge in [0.25, 0.3) is 0 Å². The Morgan fingerprint density at radius 1 is 0.643 bits per heavy atom. The smallest absolute Gasteiger partial charge is 0.220 e. The fourth-order valence-corrected chi connectivity index (χ4v) is 5.93. The minimum atomic E-state index is 0.133. The lowest BCUT2D eigenvalue weighted by Crippen LogP contribution is -2.25. The fourth-order valence-electron chi connectivity index (χ4n) is 2.45. The summed E-state index contributed by atoms with van der Waals surface area (Å²) in [6.45, 7) is 3.76. The molecule has 0 atom stereocenters. The molecule has 0 heterocycles. The summed E-state index contributed by atoms with van der Waals surface area (Å²) in [7, 11) is 7.40. The summed E-state index contributed by atoms with van der Waals surface area (Å²) in [5.74, 6) is 3.70. The number of hydrogen-bond donors (Lipinski definition) is 2. The van der Waals surface area contributed by atoms with Crippen LogP contribution in [0.1, 0.15) is 77.6 Å². The van der Waals surface area contributed by atoms with E-state index in [0.29, 0.717) is 12.8 Å². The van der Waals surface area contributed by atoms with Gasteiger partial charge in [0.2, 0.25) is 11.8 Å². The van der Waals surface area contributed by atoms with Crippen molar-refractivity contribution in [3.8, 4) is 0 Å². The first-order valence-corrected chi connectivity index (χ1v) is 15.9. The topological polar surface area (TPSA) is 58.2 Å². The highest BCUT2D eigenvalue weighted by molar-refractivity contribution is 8.76. The molecule has 0 aliphatic rings. The molecule has 0 aromatic heterocycles. The van der Waals surface area contributed by atoms with Gasteiger partial charge in [-0.15, -0.1) is 0 Å². The lowest BCUT2D eigenvalue weighted by molar-refractivity contribution is -0.122. The van der Waals surface area contributed by atoms with E-state index in [1.54, 1.807) is 21.6 Å². The minimum absolute atomic E-state index is 0.133. The van der Waals surface area contributed by atoms with Gasteiger partial charge in [-0.25, -0.2) is 0 Å². The second-order valence-corrected chi connectivity index (χ2v) is 12.0. The summed E-state index contributed by atoms with van der Waals surface area (Å²) in [4.78, 5) is 23.3. The molecule has 0 bridgehead atoms. The molecule has 2 N–H and O–H groups in total. The van der Waals surface area contributed by atoms with Crippen molar-refractivity contribution in [2.45, 2.75) is 77.6 Å². The first kappa shape index (κ1) is 28.3. The zero-order valence-corrected chi connectivity index (χ0v) is 21.0. The first-order valence-electron chi connectivity index (χ1n) is 10.6. The van der Waals surface area contributed by atoms with Crippen molar-refractivity contribution >= 4 is 55.0 Å². The molecule has 2 amide bonds. The second-order valence-electron chi connectivity index (χ2n) is 6.66. The van der Waals surface area contributed by atoms with Crippen LogP contribution in [-0.2, 0) is 9.59 Å². The Kier molecular flexibility index (Phi) is 23.9. The Hall–Kier alpha value is 0.340. The highest BCUT2D eigenvalue weighted by Gasteiger charge is 2.02. The number of unbranched alkanes of at least 4 members (excludes halogenated alkanes) is 6. The number of rotatable bonds is 21. The maximum absolute atomic E-state index is 11.8. The van der Waals surface area contributed by atoms with E-state index >= 15 is 0 Å². The van der Waals surface area contributed by atoms with Crippen LogP contribution in [0.15, 0.2) is 0 Å². The molecule has 0 spiro atoms. The molecule has 4 nitrogen and oxygen atoms in total. The van der Waals surface area contributed by atoms with Gasteiger partial charge in [0.1, 0.15) is 0 Å². The maximum atomic E-state index is 11.8. The molecular weight excluding hydrogens is 429 g/mol. The van der Waals surface area contributed by atoms with Gasteiger partial charge in [-0.3, -0.25) is 9.59 Å². The highest BCUT2D eigenvalue weighted by Crippen LogP contribution is 2.23. The molecule has 0 unspecified atom stereocenters. The van der Waals surface area contributed by atoms with Crippen LogP contribution in [0, 0.1) is 0 Å². The van der Waals surface area contributed by atoms with Crippen LogP contribution >= 0.6 is 43.2 Å². The van der Waals surface area contributed by atoms with Crippen molar-refractivity contribution in [2.24, 2.45) is 0 Å². The van der Waals surface area contributed by atoms with Crippen molar-refractivity contribution < 1.29 is 9.59 Å². The summed E-state index contributed by atoms with van der Waals surface area (Å²) >= 11 is 0. The van der Waals surface area contributed by atoms with Crippen molar-refractivity contribution in [3.63, 3.8) is 0 Å². The molecule has 0 radical (unpaired) electrons. The van der Waals surface area contributed by atoms with Gasteiger partial charge in [0.05, 0.1) is 0 Å². The van der Waals surface area contributed by atoms with Gasteiger partial charge in [0, 0.05) is 43.2 Å². The van der Waals surface area contributed by atoms with Gasteiger partial charge in [-0.05, 0) is 38.4 Å². The van der Waals surface area contributed by atoms with Crippen molar-refractivity contribution in [2.75, 3.05) is 36.6 Å². The van der Waals surface area contributed by atoms with E-state index in [1.807, 2.05) is 27.8 Å². The normalized spacial score (nSPS) is 10.8. The molecule has 0 aliphatic heterocycles. The van der Waals surface area contributed by atoms with E-state index in [-0.39, 0.29) is 11.8 Å². The summed E-state index contributed by atoms with van der Waals surface area (Å²) in [6, 6.07) is 0. The molecule has 0 aliphatic carbocycles. The van der Waals surface area contributed by atoms with Crippen molar-refractivity contribution in [1.82, 2.24) is 10.6 Å². The average molecular weight is 469 g/mol. The summed E-state index contributed by atoms with van der Waals surface area (Å²) in [5, 5.41) is 5.97. The third kappa shape index (κ3) is 22.6. The van der Waals surface area contributed by atoms with E-state index in [1.165, 1.54) is 43.6 Å². The minimum Gasteiger partial charge on any atom is -0.356 e. The van der Waals surface area contributed by atoms with Gasteiger partial charge in [0.15, 0.2) is 0 Å². The van der Waals surface area contributed by atoms with Crippen LogP contribution in [0.2, 0.25) is 0 Å². The Morgan fingerprint density at radius 2 is 1.21 bits per heavy atom. The van der Waals surface area contributed by atoms with Crippen LogP contribution < -0.4 is 10.6 Å². The number of hydrogen-bond acceptors (Lipinski definition) is 6. The molecule has 0 saturated carbocycles. The molecule has 0 aromatic carbocycles. The Morgan fingerprint density at radius 3 is 1.89 bits per heavy atom. The highest BCUT2D eigenvalue weighted by atomic mass is 33.1. The summed E-state index contributed by atoms with van der Waals surface area (Å²) in [5.41, 5.74) is 0. The molecule has 0 rings (SSSR count). The third-order valence-corrected chi connectivity index (χ3v) is 8.54. The molecule has 0 aromatic rings. The number of carbonyl (C=O) groups excluding carboxylic acids is 2. The van der Waals surface area contributed by atoms with E-state index in [0.717, 1.165) is 44.5 Å². The predicted octanol–water partition coefficient (Wildman–Crippen LogP) is 5.92. The van der Waals surface area contributed by atoms with Crippen LogP contribution in [0.3, 0.4) is 0 Å². The molecular formula is C20H40N2O2S4. The standard InChI is InChI=1S/C20H40N2O2S4/c1-3-16-27-28-17-11-6-4-5-9-14-21-19(23)12-8-7-10-15-22-20(24)13-18-26-25-2/h3-18H2,1-2H3,(H,21,23)(H,22,24). The predicted molar refractivity (Wildman–Crippen MR) is 133 cm³/mol. The van der Waals surface area contributed by atoms with E-state index in [2.05, 4.69) is 17.6 Å². The SMILES string of the molecule is CCCSSCCCCCCCNC(=O)CCCCCNC(=O)CCSSC. The number of nitrogens with one attached hydrogen (secondary N) is 2. The third-order valence-electron chi connectivity index (χ3n) is 4.03. The lowest BCUT2D eigenvalue weighted by atomic mass is 10.1. The first-order chi connectivity index (χ1) is 13.7. The molecule has 8 heteroatoms. The van der Waals surface area contributed by atoms with Crippen LogP contribution in [0.4, 0.5) is 0 Å². The van der Waals surface area contributed by atoms with Crippen LogP contribution in [-0.4, -0.2) is 48.4 Å². The largest absolute Gasteiger partial charge is 0.356 e. The van der Waals surface area contributed by atoms with Gasteiger partial charge in [-0.1, -0.05) is 75.8 Å². The maximum Gasteiger partial charge on any atom is 0.220 e. The number of carbonyl (C=O) groups is 2.